The number of nitrogens with one attached hydrogen (secondary N) is 1. The van der Waals surface area contributed by atoms with E-state index >= 15 is 0 Å². The Morgan fingerprint density at radius 3 is 2.95 bits per heavy atom. The number of aliphatic hydroxyl groups excluding tert-OH is 1. The number of aryl methyl sites for hydroxylation is 1. The van der Waals surface area contributed by atoms with Crippen molar-refractivity contribution in [3.63, 3.8) is 0 Å². The summed E-state index contributed by atoms with van der Waals surface area (Å²) >= 11 is 0. The maximum atomic E-state index is 10.9. The van der Waals surface area contributed by atoms with Crippen LogP contribution in [-0.2, 0) is 9.47 Å². The Labute approximate surface area is 130 Å². The van der Waals surface area contributed by atoms with E-state index in [9.17, 15) is 5.11 Å². The molecule has 0 spiro atoms. The van der Waals surface area contributed by atoms with E-state index in [4.69, 9.17) is 9.47 Å². The van der Waals surface area contributed by atoms with Crippen molar-refractivity contribution in [3.05, 3.63) is 18.0 Å². The number of hydrogen-bond acceptors (Lipinski definition) is 5. The van der Waals surface area contributed by atoms with Crippen molar-refractivity contribution in [2.24, 2.45) is 5.92 Å². The van der Waals surface area contributed by atoms with Crippen molar-refractivity contribution in [2.75, 3.05) is 13.2 Å². The molecule has 0 unspecified atom stereocenters. The predicted molar refractivity (Wildman–Crippen MR) is 80.4 cm³/mol. The molecule has 3 heterocycles. The molecule has 1 aromatic heterocycles. The number of nitrogens with zero attached hydrogens (tertiary/aromatic N) is 2. The van der Waals surface area contributed by atoms with Gasteiger partial charge in [-0.1, -0.05) is 12.8 Å². The lowest BCUT2D eigenvalue weighted by Crippen LogP contribution is -2.58. The van der Waals surface area contributed by atoms with Crippen LogP contribution in [0.5, 0.6) is 0 Å². The SMILES string of the molecule is Cc1cnn([C@H]2[C@@H]3OC[C@@H](O3)[C@@H](NCC3CCCC3)[C@@H]2O)c1. The van der Waals surface area contributed by atoms with Crippen molar-refractivity contribution in [1.29, 1.82) is 0 Å². The molecule has 3 fully saturated rings. The fraction of sp³-hybridized carbons (Fsp3) is 0.812. The fourth-order valence-corrected chi connectivity index (χ4v) is 4.05. The summed E-state index contributed by atoms with van der Waals surface area (Å²) in [6, 6.07) is -0.373. The molecule has 2 saturated heterocycles. The van der Waals surface area contributed by atoms with Gasteiger partial charge in [0.2, 0.25) is 0 Å². The van der Waals surface area contributed by atoms with Crippen molar-refractivity contribution < 1.29 is 14.6 Å². The van der Waals surface area contributed by atoms with Crippen molar-refractivity contribution in [2.45, 2.75) is 63.2 Å². The minimum absolute atomic E-state index is 0.0608. The van der Waals surface area contributed by atoms with E-state index in [1.54, 1.807) is 10.9 Å². The van der Waals surface area contributed by atoms with Crippen LogP contribution in [0.1, 0.15) is 37.3 Å². The quantitative estimate of drug-likeness (QED) is 0.868. The number of aromatic nitrogens is 2. The topological polar surface area (TPSA) is 68.5 Å². The molecule has 6 nitrogen and oxygen atoms in total. The second kappa shape index (κ2) is 5.92. The molecule has 2 bridgehead atoms. The molecule has 122 valence electrons. The molecule has 2 N–H and O–H groups in total. The monoisotopic (exact) mass is 307 g/mol. The first-order valence-electron chi connectivity index (χ1n) is 8.41. The third-order valence-corrected chi connectivity index (χ3v) is 5.28. The molecule has 4 rings (SSSR count). The van der Waals surface area contributed by atoms with Gasteiger partial charge in [-0.05, 0) is 37.8 Å². The molecule has 6 heteroatoms. The Morgan fingerprint density at radius 1 is 1.41 bits per heavy atom. The molecular weight excluding hydrogens is 282 g/mol. The lowest BCUT2D eigenvalue weighted by Gasteiger charge is -2.39. The van der Waals surface area contributed by atoms with Crippen LogP contribution >= 0.6 is 0 Å². The molecule has 1 saturated carbocycles. The smallest absolute Gasteiger partial charge is 0.183 e. The molecule has 5 atom stereocenters. The summed E-state index contributed by atoms with van der Waals surface area (Å²) in [7, 11) is 0. The molecule has 2 aliphatic heterocycles. The van der Waals surface area contributed by atoms with E-state index in [2.05, 4.69) is 10.4 Å². The highest BCUT2D eigenvalue weighted by Gasteiger charge is 2.51. The number of rotatable bonds is 4. The second-order valence-corrected chi connectivity index (χ2v) is 6.94. The van der Waals surface area contributed by atoms with Gasteiger partial charge in [0.05, 0.1) is 24.9 Å². The summed E-state index contributed by atoms with van der Waals surface area (Å²) in [5.41, 5.74) is 1.07. The molecular formula is C16H25N3O3. The van der Waals surface area contributed by atoms with Gasteiger partial charge in [0.1, 0.15) is 12.1 Å². The molecule has 0 aromatic carbocycles. The van der Waals surface area contributed by atoms with Gasteiger partial charge in [0.25, 0.3) is 0 Å². The molecule has 0 amide bonds. The van der Waals surface area contributed by atoms with Gasteiger partial charge < -0.3 is 19.9 Å². The Morgan fingerprint density at radius 2 is 2.23 bits per heavy atom. The van der Waals surface area contributed by atoms with Crippen LogP contribution in [0.2, 0.25) is 0 Å². The summed E-state index contributed by atoms with van der Waals surface area (Å²) in [5.74, 6) is 0.734. The van der Waals surface area contributed by atoms with Gasteiger partial charge >= 0.3 is 0 Å². The highest BCUT2D eigenvalue weighted by molar-refractivity contribution is 5.05. The maximum absolute atomic E-state index is 10.9. The Kier molecular flexibility index (Phi) is 3.94. The molecule has 1 aliphatic carbocycles. The van der Waals surface area contributed by atoms with E-state index < -0.39 is 12.4 Å². The summed E-state index contributed by atoms with van der Waals surface area (Å²) in [6.45, 7) is 3.49. The first kappa shape index (κ1) is 14.6. The van der Waals surface area contributed by atoms with Crippen molar-refractivity contribution >= 4 is 0 Å². The zero-order valence-corrected chi connectivity index (χ0v) is 13.0. The molecule has 22 heavy (non-hydrogen) atoms. The van der Waals surface area contributed by atoms with Gasteiger partial charge in [-0.3, -0.25) is 4.68 Å². The van der Waals surface area contributed by atoms with Crippen LogP contribution < -0.4 is 5.32 Å². The zero-order valence-electron chi connectivity index (χ0n) is 13.0. The van der Waals surface area contributed by atoms with Gasteiger partial charge in [-0.25, -0.2) is 0 Å². The average Bonchev–Trinajstić information content (AvgIpc) is 3.22. The Bertz CT molecular complexity index is 514. The normalized spacial score (nSPS) is 38.7. The first-order chi connectivity index (χ1) is 10.7. The Balaban J connectivity index is 1.48. The molecule has 1 aromatic rings. The summed E-state index contributed by atoms with van der Waals surface area (Å²) < 4.78 is 13.5. The minimum Gasteiger partial charge on any atom is -0.389 e. The average molecular weight is 307 g/mol. The highest BCUT2D eigenvalue weighted by Crippen LogP contribution is 2.36. The standard InChI is InChI=1S/C16H25N3O3/c1-10-6-18-19(8-10)14-15(20)13(12-9-21-16(14)22-12)17-7-11-4-2-3-5-11/h6,8,11-17,20H,2-5,7,9H2,1H3/t12-,13-,14-,15+,16-/m1/s1. The van der Waals surface area contributed by atoms with E-state index in [1.165, 1.54) is 25.7 Å². The number of fused-ring (bicyclic) bond motifs is 2. The van der Waals surface area contributed by atoms with E-state index in [-0.39, 0.29) is 18.2 Å². The Hall–Kier alpha value is -0.950. The van der Waals surface area contributed by atoms with E-state index in [0.29, 0.717) is 6.61 Å². The summed E-state index contributed by atoms with van der Waals surface area (Å²) in [6.07, 6.45) is 7.98. The second-order valence-electron chi connectivity index (χ2n) is 6.94. The lowest BCUT2D eigenvalue weighted by molar-refractivity contribution is -0.168. The van der Waals surface area contributed by atoms with Gasteiger partial charge in [-0.15, -0.1) is 0 Å². The lowest BCUT2D eigenvalue weighted by atomic mass is 9.95. The number of ether oxygens (including phenoxy) is 2. The predicted octanol–water partition coefficient (Wildman–Crippen LogP) is 0.997. The maximum Gasteiger partial charge on any atom is 0.183 e. The summed E-state index contributed by atoms with van der Waals surface area (Å²) in [5, 5.41) is 18.8. The van der Waals surface area contributed by atoms with Crippen molar-refractivity contribution in [3.8, 4) is 0 Å². The largest absolute Gasteiger partial charge is 0.389 e. The van der Waals surface area contributed by atoms with Crippen LogP contribution in [0.3, 0.4) is 0 Å². The van der Waals surface area contributed by atoms with Gasteiger partial charge in [0, 0.05) is 6.20 Å². The van der Waals surface area contributed by atoms with Gasteiger partial charge in [0.15, 0.2) is 6.29 Å². The minimum atomic E-state index is -0.549. The third-order valence-electron chi connectivity index (χ3n) is 5.28. The van der Waals surface area contributed by atoms with Crippen molar-refractivity contribution in [1.82, 2.24) is 15.1 Å². The van der Waals surface area contributed by atoms with Gasteiger partial charge in [-0.2, -0.15) is 5.10 Å². The number of aliphatic hydroxyl groups is 1. The highest BCUT2D eigenvalue weighted by atomic mass is 16.7. The zero-order chi connectivity index (χ0) is 15.1. The third kappa shape index (κ3) is 2.58. The van der Waals surface area contributed by atoms with Crippen LogP contribution in [0.15, 0.2) is 12.4 Å². The van der Waals surface area contributed by atoms with Crippen LogP contribution in [0, 0.1) is 12.8 Å². The number of hydrogen-bond donors (Lipinski definition) is 2. The molecule has 3 aliphatic rings. The van der Waals surface area contributed by atoms with E-state index in [0.717, 1.165) is 18.0 Å². The summed E-state index contributed by atoms with van der Waals surface area (Å²) in [4.78, 5) is 0. The van der Waals surface area contributed by atoms with Crippen LogP contribution in [-0.4, -0.2) is 52.6 Å². The molecule has 0 radical (unpaired) electrons. The van der Waals surface area contributed by atoms with E-state index in [1.807, 2.05) is 13.1 Å². The van der Waals surface area contributed by atoms with Crippen LogP contribution in [0.25, 0.3) is 0 Å². The fourth-order valence-electron chi connectivity index (χ4n) is 4.05. The van der Waals surface area contributed by atoms with Crippen LogP contribution in [0.4, 0.5) is 0 Å². The first-order valence-corrected chi connectivity index (χ1v) is 8.41.